The van der Waals surface area contributed by atoms with Gasteiger partial charge in [-0.2, -0.15) is 0 Å². The number of nitrogens with one attached hydrogen (secondary N) is 1. The summed E-state index contributed by atoms with van der Waals surface area (Å²) < 4.78 is 5.50. The maximum Gasteiger partial charge on any atom is 0.223 e. The Labute approximate surface area is 137 Å². The maximum absolute atomic E-state index is 12.0. The number of aryl methyl sites for hydroxylation is 1. The lowest BCUT2D eigenvalue weighted by Crippen LogP contribution is -2.31. The van der Waals surface area contributed by atoms with Gasteiger partial charge >= 0.3 is 0 Å². The van der Waals surface area contributed by atoms with E-state index in [9.17, 15) is 9.90 Å². The summed E-state index contributed by atoms with van der Waals surface area (Å²) in [5, 5.41) is 12.4. The Morgan fingerprint density at radius 1 is 1.13 bits per heavy atom. The highest BCUT2D eigenvalue weighted by Crippen LogP contribution is 2.14. The average Bonchev–Trinajstić information content (AvgIpc) is 2.61. The molecule has 0 spiro atoms. The molecule has 2 aromatic rings. The zero-order chi connectivity index (χ0) is 16.5. The Bertz CT molecular complexity index is 596. The van der Waals surface area contributed by atoms with E-state index in [0.717, 1.165) is 17.7 Å². The van der Waals surface area contributed by atoms with E-state index in [1.165, 1.54) is 5.56 Å². The minimum atomic E-state index is -0.384. The van der Waals surface area contributed by atoms with E-state index in [4.69, 9.17) is 4.74 Å². The first-order valence-electron chi connectivity index (χ1n) is 7.90. The first kappa shape index (κ1) is 17.0. The Hall–Kier alpha value is -2.33. The Balaban J connectivity index is 1.82. The Kier molecular flexibility index (Phi) is 6.63. The Morgan fingerprint density at radius 2 is 1.83 bits per heavy atom. The second kappa shape index (κ2) is 8.96. The van der Waals surface area contributed by atoms with E-state index >= 15 is 0 Å². The molecule has 0 aromatic heterocycles. The number of carbonyl (C=O) groups excluding carboxylic acids is 1. The van der Waals surface area contributed by atoms with E-state index in [-0.39, 0.29) is 25.0 Å². The minimum absolute atomic E-state index is 0.128. The molecule has 0 fully saturated rings. The van der Waals surface area contributed by atoms with Crippen LogP contribution in [0.4, 0.5) is 0 Å². The fourth-order valence-electron chi connectivity index (χ4n) is 2.26. The van der Waals surface area contributed by atoms with Crippen molar-refractivity contribution in [3.63, 3.8) is 0 Å². The van der Waals surface area contributed by atoms with Gasteiger partial charge in [-0.05, 0) is 29.7 Å². The molecule has 1 atom stereocenters. The van der Waals surface area contributed by atoms with Crippen molar-refractivity contribution in [3.8, 4) is 5.75 Å². The minimum Gasteiger partial charge on any atom is -0.493 e. The predicted octanol–water partition coefficient (Wildman–Crippen LogP) is 2.87. The monoisotopic (exact) mass is 313 g/mol. The molecule has 2 N–H and O–H groups in total. The molecule has 122 valence electrons. The van der Waals surface area contributed by atoms with Gasteiger partial charge in [0.25, 0.3) is 0 Å². The van der Waals surface area contributed by atoms with Gasteiger partial charge in [0.05, 0.1) is 25.7 Å². The van der Waals surface area contributed by atoms with Crippen molar-refractivity contribution in [1.29, 1.82) is 0 Å². The van der Waals surface area contributed by atoms with Crippen molar-refractivity contribution in [2.75, 3.05) is 13.2 Å². The van der Waals surface area contributed by atoms with E-state index in [1.807, 2.05) is 54.6 Å². The zero-order valence-electron chi connectivity index (χ0n) is 13.4. The summed E-state index contributed by atoms with van der Waals surface area (Å²) in [5.74, 6) is 0.605. The lowest BCUT2D eigenvalue weighted by molar-refractivity contribution is -0.122. The molecule has 1 unspecified atom stereocenters. The summed E-state index contributed by atoms with van der Waals surface area (Å²) >= 11 is 0. The lowest BCUT2D eigenvalue weighted by Gasteiger charge is -2.17. The number of hydrogen-bond acceptors (Lipinski definition) is 3. The van der Waals surface area contributed by atoms with Gasteiger partial charge < -0.3 is 15.2 Å². The quantitative estimate of drug-likeness (QED) is 0.788. The molecule has 0 aliphatic heterocycles. The highest BCUT2D eigenvalue weighted by molar-refractivity contribution is 5.76. The van der Waals surface area contributed by atoms with Gasteiger partial charge in [0, 0.05) is 0 Å². The van der Waals surface area contributed by atoms with Crippen LogP contribution in [0, 0.1) is 0 Å². The summed E-state index contributed by atoms with van der Waals surface area (Å²) in [6, 6.07) is 16.9. The smallest absolute Gasteiger partial charge is 0.223 e. The van der Waals surface area contributed by atoms with Crippen molar-refractivity contribution < 1.29 is 14.6 Å². The fourth-order valence-corrected chi connectivity index (χ4v) is 2.26. The summed E-state index contributed by atoms with van der Waals surface area (Å²) in [5.41, 5.74) is 2.13. The zero-order valence-corrected chi connectivity index (χ0v) is 13.4. The number of ether oxygens (including phenoxy) is 1. The third kappa shape index (κ3) is 5.42. The number of benzene rings is 2. The van der Waals surface area contributed by atoms with E-state index in [0.29, 0.717) is 6.61 Å². The largest absolute Gasteiger partial charge is 0.493 e. The van der Waals surface area contributed by atoms with Crippen molar-refractivity contribution in [3.05, 3.63) is 65.7 Å². The van der Waals surface area contributed by atoms with Crippen LogP contribution in [0.5, 0.6) is 5.75 Å². The molecular weight excluding hydrogens is 290 g/mol. The number of aliphatic hydroxyl groups excluding tert-OH is 1. The van der Waals surface area contributed by atoms with Crippen LogP contribution in [-0.2, 0) is 11.2 Å². The molecule has 0 radical (unpaired) electrons. The normalized spacial score (nSPS) is 11.7. The molecule has 1 amide bonds. The molecule has 2 rings (SSSR count). The standard InChI is InChI=1S/C19H23NO3/c1-2-15-8-10-16(11-9-15)18(14-21)20-19(22)12-13-23-17-6-4-3-5-7-17/h3-11,18,21H,2,12-14H2,1H3,(H,20,22). The van der Waals surface area contributed by atoms with Crippen LogP contribution in [0.25, 0.3) is 0 Å². The molecule has 0 aliphatic rings. The molecule has 0 saturated heterocycles. The molecule has 0 heterocycles. The third-order valence-corrected chi connectivity index (χ3v) is 3.65. The fraction of sp³-hybridized carbons (Fsp3) is 0.316. The van der Waals surface area contributed by atoms with Crippen molar-refractivity contribution in [2.45, 2.75) is 25.8 Å². The van der Waals surface area contributed by atoms with E-state index in [2.05, 4.69) is 12.2 Å². The van der Waals surface area contributed by atoms with E-state index in [1.54, 1.807) is 0 Å². The molecule has 23 heavy (non-hydrogen) atoms. The number of rotatable bonds is 8. The predicted molar refractivity (Wildman–Crippen MR) is 90.3 cm³/mol. The van der Waals surface area contributed by atoms with Crippen LogP contribution in [0.2, 0.25) is 0 Å². The first-order chi connectivity index (χ1) is 11.2. The van der Waals surface area contributed by atoms with Gasteiger partial charge in [-0.15, -0.1) is 0 Å². The maximum atomic E-state index is 12.0. The average molecular weight is 313 g/mol. The lowest BCUT2D eigenvalue weighted by atomic mass is 10.0. The van der Waals surface area contributed by atoms with Gasteiger partial charge in [0.2, 0.25) is 5.91 Å². The first-order valence-corrected chi connectivity index (χ1v) is 7.90. The SMILES string of the molecule is CCc1ccc(C(CO)NC(=O)CCOc2ccccc2)cc1. The molecule has 4 nitrogen and oxygen atoms in total. The molecule has 0 aliphatic carbocycles. The van der Waals surface area contributed by atoms with Gasteiger partial charge in [0.1, 0.15) is 5.75 Å². The van der Waals surface area contributed by atoms with Gasteiger partial charge in [-0.1, -0.05) is 49.4 Å². The number of aliphatic hydroxyl groups is 1. The van der Waals surface area contributed by atoms with Crippen LogP contribution in [0.3, 0.4) is 0 Å². The number of carbonyl (C=O) groups is 1. The topological polar surface area (TPSA) is 58.6 Å². The summed E-state index contributed by atoms with van der Waals surface area (Å²) in [4.78, 5) is 12.0. The van der Waals surface area contributed by atoms with Crippen LogP contribution in [0.1, 0.15) is 30.5 Å². The third-order valence-electron chi connectivity index (χ3n) is 3.65. The number of hydrogen-bond donors (Lipinski definition) is 2. The van der Waals surface area contributed by atoms with Crippen molar-refractivity contribution >= 4 is 5.91 Å². The summed E-state index contributed by atoms with van der Waals surface area (Å²) in [6.07, 6.45) is 1.21. The van der Waals surface area contributed by atoms with E-state index < -0.39 is 0 Å². The van der Waals surface area contributed by atoms with Crippen molar-refractivity contribution in [2.24, 2.45) is 0 Å². The molecule has 4 heteroatoms. The van der Waals surface area contributed by atoms with Crippen molar-refractivity contribution in [1.82, 2.24) is 5.32 Å². The Morgan fingerprint density at radius 3 is 2.43 bits per heavy atom. The summed E-state index contributed by atoms with van der Waals surface area (Å²) in [6.45, 7) is 2.27. The van der Waals surface area contributed by atoms with Crippen LogP contribution in [-0.4, -0.2) is 24.2 Å². The molecule has 0 bridgehead atoms. The van der Waals surface area contributed by atoms with Gasteiger partial charge in [-0.25, -0.2) is 0 Å². The highest BCUT2D eigenvalue weighted by Gasteiger charge is 2.13. The van der Waals surface area contributed by atoms with Crippen LogP contribution < -0.4 is 10.1 Å². The summed E-state index contributed by atoms with van der Waals surface area (Å²) in [7, 11) is 0. The second-order valence-corrected chi connectivity index (χ2v) is 5.31. The number of para-hydroxylation sites is 1. The number of amides is 1. The highest BCUT2D eigenvalue weighted by atomic mass is 16.5. The van der Waals surface area contributed by atoms with Crippen LogP contribution in [0.15, 0.2) is 54.6 Å². The molecular formula is C19H23NO3. The van der Waals surface area contributed by atoms with Crippen LogP contribution >= 0.6 is 0 Å². The molecule has 0 saturated carbocycles. The van der Waals surface area contributed by atoms with Gasteiger partial charge in [-0.3, -0.25) is 4.79 Å². The second-order valence-electron chi connectivity index (χ2n) is 5.31. The molecule has 2 aromatic carbocycles. The van der Waals surface area contributed by atoms with Gasteiger partial charge in [0.15, 0.2) is 0 Å².